The summed E-state index contributed by atoms with van der Waals surface area (Å²) in [5, 5.41) is 6.10. The first-order chi connectivity index (χ1) is 8.78. The molecule has 5 heteroatoms. The van der Waals surface area contributed by atoms with Gasteiger partial charge >= 0.3 is 0 Å². The molecule has 100 valence electrons. The average Bonchev–Trinajstić information content (AvgIpc) is 2.78. The normalized spacial score (nSPS) is 16.7. The predicted octanol–water partition coefficient (Wildman–Crippen LogP) is 1.64. The molecular weight excluding hydrogens is 246 g/mol. The molecule has 2 rings (SSSR count). The van der Waals surface area contributed by atoms with Crippen LogP contribution in [0.2, 0.25) is 0 Å². The molecule has 0 aliphatic heterocycles. The van der Waals surface area contributed by atoms with Gasteiger partial charge in [0.15, 0.2) is 0 Å². The molecule has 0 bridgehead atoms. The minimum atomic E-state index is 0.103. The van der Waals surface area contributed by atoms with Crippen molar-refractivity contribution in [2.75, 3.05) is 6.54 Å². The van der Waals surface area contributed by atoms with E-state index in [0.717, 1.165) is 30.0 Å². The standard InChI is InChI=1S/C13H21N3OS/c14-7-6-13-16-11(9-18-13)8-12(17)15-10-4-2-1-3-5-10/h9-10H,1-8,14H2,(H,15,17). The second-order valence-electron chi connectivity index (χ2n) is 4.85. The van der Waals surface area contributed by atoms with Gasteiger partial charge in [-0.25, -0.2) is 4.98 Å². The molecule has 0 atom stereocenters. The van der Waals surface area contributed by atoms with Crippen molar-refractivity contribution in [3.8, 4) is 0 Å². The van der Waals surface area contributed by atoms with Crippen LogP contribution in [0.1, 0.15) is 42.8 Å². The number of carbonyl (C=O) groups is 1. The third-order valence-corrected chi connectivity index (χ3v) is 4.23. The zero-order valence-electron chi connectivity index (χ0n) is 10.7. The number of carbonyl (C=O) groups excluding carboxylic acids is 1. The molecule has 1 aromatic heterocycles. The smallest absolute Gasteiger partial charge is 0.226 e. The van der Waals surface area contributed by atoms with Gasteiger partial charge in [-0.05, 0) is 19.4 Å². The summed E-state index contributed by atoms with van der Waals surface area (Å²) >= 11 is 1.59. The van der Waals surface area contributed by atoms with Gasteiger partial charge in [0.25, 0.3) is 0 Å². The molecule has 0 aromatic carbocycles. The largest absolute Gasteiger partial charge is 0.353 e. The Labute approximate surface area is 112 Å². The number of amides is 1. The maximum absolute atomic E-state index is 11.9. The molecule has 1 amide bonds. The lowest BCUT2D eigenvalue weighted by molar-refractivity contribution is -0.121. The molecule has 0 saturated heterocycles. The number of nitrogens with two attached hydrogens (primary N) is 1. The lowest BCUT2D eigenvalue weighted by Crippen LogP contribution is -2.37. The summed E-state index contributed by atoms with van der Waals surface area (Å²) in [5.41, 5.74) is 6.35. The average molecular weight is 267 g/mol. The molecule has 1 heterocycles. The van der Waals surface area contributed by atoms with E-state index in [9.17, 15) is 4.79 Å². The molecule has 4 nitrogen and oxygen atoms in total. The summed E-state index contributed by atoms with van der Waals surface area (Å²) in [6, 6.07) is 0.383. The van der Waals surface area contributed by atoms with Crippen molar-refractivity contribution in [3.05, 3.63) is 16.1 Å². The molecule has 0 radical (unpaired) electrons. The van der Waals surface area contributed by atoms with Gasteiger partial charge < -0.3 is 11.1 Å². The number of hydrogen-bond acceptors (Lipinski definition) is 4. The Kier molecular flexibility index (Phi) is 5.13. The fourth-order valence-corrected chi connectivity index (χ4v) is 3.17. The van der Waals surface area contributed by atoms with E-state index in [-0.39, 0.29) is 5.91 Å². The lowest BCUT2D eigenvalue weighted by atomic mass is 9.95. The van der Waals surface area contributed by atoms with Gasteiger partial charge in [-0.2, -0.15) is 0 Å². The number of thiazole rings is 1. The molecule has 18 heavy (non-hydrogen) atoms. The molecular formula is C13H21N3OS. The van der Waals surface area contributed by atoms with Crippen molar-refractivity contribution in [1.82, 2.24) is 10.3 Å². The van der Waals surface area contributed by atoms with Crippen LogP contribution in [-0.2, 0) is 17.6 Å². The van der Waals surface area contributed by atoms with Gasteiger partial charge in [0.1, 0.15) is 0 Å². The molecule has 0 unspecified atom stereocenters. The van der Waals surface area contributed by atoms with Gasteiger partial charge in [-0.3, -0.25) is 4.79 Å². The molecule has 1 aliphatic carbocycles. The van der Waals surface area contributed by atoms with Crippen LogP contribution < -0.4 is 11.1 Å². The van der Waals surface area contributed by atoms with E-state index in [2.05, 4.69) is 10.3 Å². The quantitative estimate of drug-likeness (QED) is 0.852. The van der Waals surface area contributed by atoms with E-state index in [1.807, 2.05) is 5.38 Å². The highest BCUT2D eigenvalue weighted by atomic mass is 32.1. The summed E-state index contributed by atoms with van der Waals surface area (Å²) in [4.78, 5) is 16.3. The zero-order chi connectivity index (χ0) is 12.8. The van der Waals surface area contributed by atoms with Crippen molar-refractivity contribution in [1.29, 1.82) is 0 Å². The Hall–Kier alpha value is -0.940. The van der Waals surface area contributed by atoms with E-state index < -0.39 is 0 Å². The topological polar surface area (TPSA) is 68.0 Å². The highest BCUT2D eigenvalue weighted by Gasteiger charge is 2.16. The maximum atomic E-state index is 11.9. The second-order valence-corrected chi connectivity index (χ2v) is 5.79. The van der Waals surface area contributed by atoms with Crippen LogP contribution in [0.15, 0.2) is 5.38 Å². The van der Waals surface area contributed by atoms with E-state index in [1.165, 1.54) is 19.3 Å². The highest BCUT2D eigenvalue weighted by molar-refractivity contribution is 7.09. The molecule has 0 spiro atoms. The van der Waals surface area contributed by atoms with Crippen LogP contribution in [-0.4, -0.2) is 23.5 Å². The monoisotopic (exact) mass is 267 g/mol. The molecule has 3 N–H and O–H groups in total. The number of aromatic nitrogens is 1. The van der Waals surface area contributed by atoms with Crippen molar-refractivity contribution >= 4 is 17.2 Å². The Morgan fingerprint density at radius 3 is 2.94 bits per heavy atom. The summed E-state index contributed by atoms with van der Waals surface area (Å²) in [6.07, 6.45) is 7.24. The molecule has 1 saturated carbocycles. The second kappa shape index (κ2) is 6.85. The van der Waals surface area contributed by atoms with E-state index >= 15 is 0 Å². The van der Waals surface area contributed by atoms with Crippen LogP contribution >= 0.6 is 11.3 Å². The summed E-state index contributed by atoms with van der Waals surface area (Å²) in [7, 11) is 0. The molecule has 1 fully saturated rings. The van der Waals surface area contributed by atoms with Crippen LogP contribution in [0.5, 0.6) is 0 Å². The zero-order valence-corrected chi connectivity index (χ0v) is 11.5. The van der Waals surface area contributed by atoms with Gasteiger partial charge in [0.05, 0.1) is 17.1 Å². The number of hydrogen-bond donors (Lipinski definition) is 2. The van der Waals surface area contributed by atoms with Gasteiger partial charge in [-0.1, -0.05) is 19.3 Å². The number of rotatable bonds is 5. The highest BCUT2D eigenvalue weighted by Crippen LogP contribution is 2.17. The minimum Gasteiger partial charge on any atom is -0.353 e. The fourth-order valence-electron chi connectivity index (χ4n) is 2.36. The minimum absolute atomic E-state index is 0.103. The van der Waals surface area contributed by atoms with Crippen LogP contribution in [0.4, 0.5) is 0 Å². The SMILES string of the molecule is NCCc1nc(CC(=O)NC2CCCCC2)cs1. The predicted molar refractivity (Wildman–Crippen MR) is 73.6 cm³/mol. The van der Waals surface area contributed by atoms with Crippen LogP contribution in [0.25, 0.3) is 0 Å². The maximum Gasteiger partial charge on any atom is 0.226 e. The van der Waals surface area contributed by atoms with Crippen LogP contribution in [0, 0.1) is 0 Å². The number of nitrogens with one attached hydrogen (secondary N) is 1. The third kappa shape index (κ3) is 4.07. The number of nitrogens with zero attached hydrogens (tertiary/aromatic N) is 1. The molecule has 1 aliphatic rings. The Morgan fingerprint density at radius 2 is 2.22 bits per heavy atom. The molecule has 1 aromatic rings. The summed E-state index contributed by atoms with van der Waals surface area (Å²) in [5.74, 6) is 0.103. The van der Waals surface area contributed by atoms with Crippen molar-refractivity contribution in [3.63, 3.8) is 0 Å². The first kappa shape index (κ1) is 13.5. The van der Waals surface area contributed by atoms with E-state index in [0.29, 0.717) is 19.0 Å². The first-order valence-electron chi connectivity index (χ1n) is 6.70. The Bertz CT molecular complexity index is 385. The van der Waals surface area contributed by atoms with E-state index in [4.69, 9.17) is 5.73 Å². The van der Waals surface area contributed by atoms with Gasteiger partial charge in [-0.15, -0.1) is 11.3 Å². The van der Waals surface area contributed by atoms with Crippen molar-refractivity contribution < 1.29 is 4.79 Å². The van der Waals surface area contributed by atoms with Crippen LogP contribution in [0.3, 0.4) is 0 Å². The Balaban J connectivity index is 1.78. The summed E-state index contributed by atoms with van der Waals surface area (Å²) < 4.78 is 0. The lowest BCUT2D eigenvalue weighted by Gasteiger charge is -2.22. The van der Waals surface area contributed by atoms with Crippen molar-refractivity contribution in [2.24, 2.45) is 5.73 Å². The fraction of sp³-hybridized carbons (Fsp3) is 0.692. The van der Waals surface area contributed by atoms with Gasteiger partial charge in [0.2, 0.25) is 5.91 Å². The Morgan fingerprint density at radius 1 is 1.44 bits per heavy atom. The van der Waals surface area contributed by atoms with E-state index in [1.54, 1.807) is 11.3 Å². The summed E-state index contributed by atoms with van der Waals surface area (Å²) in [6.45, 7) is 0.612. The van der Waals surface area contributed by atoms with Gasteiger partial charge in [0, 0.05) is 17.8 Å². The van der Waals surface area contributed by atoms with Crippen molar-refractivity contribution in [2.45, 2.75) is 51.0 Å². The first-order valence-corrected chi connectivity index (χ1v) is 7.58. The third-order valence-electron chi connectivity index (χ3n) is 3.27.